The summed E-state index contributed by atoms with van der Waals surface area (Å²) in [4.78, 5) is 20.3. The van der Waals surface area contributed by atoms with Crippen molar-refractivity contribution in [2.75, 3.05) is 23.9 Å². The molecule has 3 aromatic carbocycles. The third-order valence-electron chi connectivity index (χ3n) is 7.19. The molecule has 0 atom stereocenters. The number of thiazole rings is 1. The zero-order valence-corrected chi connectivity index (χ0v) is 24.2. The van der Waals surface area contributed by atoms with E-state index < -0.39 is 5.97 Å². The number of benzene rings is 3. The fraction of sp³-hybridized carbons (Fsp3) is 0.333. The Balaban J connectivity index is 1.36. The van der Waals surface area contributed by atoms with Crippen LogP contribution in [0.4, 0.5) is 10.8 Å². The first-order valence-corrected chi connectivity index (χ1v) is 14.6. The van der Waals surface area contributed by atoms with Crippen molar-refractivity contribution in [1.82, 2.24) is 4.98 Å². The average Bonchev–Trinajstić information content (AvgIpc) is 3.44. The molecule has 0 bridgehead atoms. The SMILES string of the molecule is CCCC(CCC)c1ccc(CN(C)c2ccc(-c3csc(N(C)Cc4ccc(C(=O)O)cc4)n3)cc2)cc1. The number of nitrogens with zero attached hydrogens (tertiary/aromatic N) is 3. The Kier molecular flexibility index (Phi) is 9.77. The van der Waals surface area contributed by atoms with E-state index in [9.17, 15) is 4.79 Å². The van der Waals surface area contributed by atoms with Gasteiger partial charge in [-0.3, -0.25) is 0 Å². The molecule has 0 aliphatic carbocycles. The quantitative estimate of drug-likeness (QED) is 0.184. The maximum Gasteiger partial charge on any atom is 0.335 e. The third kappa shape index (κ3) is 7.48. The number of rotatable bonds is 13. The third-order valence-corrected chi connectivity index (χ3v) is 8.14. The van der Waals surface area contributed by atoms with Gasteiger partial charge in [0.15, 0.2) is 5.13 Å². The van der Waals surface area contributed by atoms with Gasteiger partial charge in [-0.05, 0) is 59.7 Å². The Morgan fingerprint density at radius 1 is 0.821 bits per heavy atom. The molecular weight excluding hydrogens is 502 g/mol. The van der Waals surface area contributed by atoms with E-state index in [-0.39, 0.29) is 0 Å². The lowest BCUT2D eigenvalue weighted by molar-refractivity contribution is 0.0697. The standard InChI is InChI=1S/C33H39N3O2S/c1-5-7-26(8-6-2)27-13-9-24(10-14-27)21-35(3)30-19-17-28(18-20-30)31-23-39-33(34-31)36(4)22-25-11-15-29(16-12-25)32(37)38/h9-20,23,26H,5-8,21-22H2,1-4H3,(H,37,38). The number of hydrogen-bond donors (Lipinski definition) is 1. The van der Waals surface area contributed by atoms with Gasteiger partial charge in [-0.25, -0.2) is 9.78 Å². The minimum absolute atomic E-state index is 0.299. The molecule has 0 saturated heterocycles. The maximum atomic E-state index is 11.1. The molecule has 4 aromatic rings. The minimum Gasteiger partial charge on any atom is -0.478 e. The smallest absolute Gasteiger partial charge is 0.335 e. The van der Waals surface area contributed by atoms with Gasteiger partial charge in [0.1, 0.15) is 0 Å². The largest absolute Gasteiger partial charge is 0.478 e. The number of aromatic nitrogens is 1. The van der Waals surface area contributed by atoms with E-state index in [1.54, 1.807) is 23.5 Å². The molecule has 1 heterocycles. The summed E-state index contributed by atoms with van der Waals surface area (Å²) in [6, 6.07) is 24.8. The van der Waals surface area contributed by atoms with Crippen LogP contribution in [-0.2, 0) is 13.1 Å². The molecular formula is C33H39N3O2S. The van der Waals surface area contributed by atoms with Gasteiger partial charge in [0.25, 0.3) is 0 Å². The first kappa shape index (κ1) is 28.4. The van der Waals surface area contributed by atoms with Crippen LogP contribution in [0.15, 0.2) is 78.2 Å². The highest BCUT2D eigenvalue weighted by molar-refractivity contribution is 7.14. The first-order chi connectivity index (χ1) is 18.9. The second kappa shape index (κ2) is 13.4. The Hall–Kier alpha value is -3.64. The highest BCUT2D eigenvalue weighted by Crippen LogP contribution is 2.30. The number of anilines is 2. The van der Waals surface area contributed by atoms with Gasteiger partial charge in [0, 0.05) is 43.8 Å². The fourth-order valence-electron chi connectivity index (χ4n) is 4.99. The van der Waals surface area contributed by atoms with Gasteiger partial charge in [-0.15, -0.1) is 11.3 Å². The van der Waals surface area contributed by atoms with Crippen molar-refractivity contribution in [2.24, 2.45) is 0 Å². The summed E-state index contributed by atoms with van der Waals surface area (Å²) in [6.07, 6.45) is 4.99. The monoisotopic (exact) mass is 541 g/mol. The summed E-state index contributed by atoms with van der Waals surface area (Å²) in [5, 5.41) is 12.1. The molecule has 0 spiro atoms. The second-order valence-corrected chi connectivity index (χ2v) is 11.1. The highest BCUT2D eigenvalue weighted by Gasteiger charge is 2.12. The van der Waals surface area contributed by atoms with E-state index in [2.05, 4.69) is 84.6 Å². The van der Waals surface area contributed by atoms with Gasteiger partial charge >= 0.3 is 5.97 Å². The maximum absolute atomic E-state index is 11.1. The zero-order chi connectivity index (χ0) is 27.8. The molecule has 5 nitrogen and oxygen atoms in total. The molecule has 0 fully saturated rings. The van der Waals surface area contributed by atoms with Gasteiger partial charge in [0.2, 0.25) is 0 Å². The summed E-state index contributed by atoms with van der Waals surface area (Å²) < 4.78 is 0. The number of carbonyl (C=O) groups is 1. The van der Waals surface area contributed by atoms with Crippen molar-refractivity contribution in [3.8, 4) is 11.3 Å². The van der Waals surface area contributed by atoms with Crippen LogP contribution in [0.2, 0.25) is 0 Å². The van der Waals surface area contributed by atoms with Gasteiger partial charge in [-0.2, -0.15) is 0 Å². The summed E-state index contributed by atoms with van der Waals surface area (Å²) >= 11 is 1.61. The topological polar surface area (TPSA) is 56.7 Å². The summed E-state index contributed by atoms with van der Waals surface area (Å²) in [5.41, 5.74) is 7.37. The van der Waals surface area contributed by atoms with Crippen molar-refractivity contribution in [1.29, 1.82) is 0 Å². The van der Waals surface area contributed by atoms with Crippen LogP contribution in [0, 0.1) is 0 Å². The highest BCUT2D eigenvalue weighted by atomic mass is 32.1. The molecule has 0 aliphatic rings. The van der Waals surface area contributed by atoms with E-state index in [0.29, 0.717) is 18.0 Å². The van der Waals surface area contributed by atoms with Crippen LogP contribution in [0.3, 0.4) is 0 Å². The first-order valence-electron chi connectivity index (χ1n) is 13.8. The molecule has 39 heavy (non-hydrogen) atoms. The fourth-order valence-corrected chi connectivity index (χ4v) is 5.79. The Bertz CT molecular complexity index is 1320. The Labute approximate surface area is 236 Å². The van der Waals surface area contributed by atoms with Crippen LogP contribution in [0.25, 0.3) is 11.3 Å². The van der Waals surface area contributed by atoms with E-state index in [1.165, 1.54) is 42.5 Å². The van der Waals surface area contributed by atoms with Crippen molar-refractivity contribution in [3.63, 3.8) is 0 Å². The van der Waals surface area contributed by atoms with Gasteiger partial charge < -0.3 is 14.9 Å². The van der Waals surface area contributed by atoms with Crippen LogP contribution < -0.4 is 9.80 Å². The van der Waals surface area contributed by atoms with E-state index in [0.717, 1.165) is 28.5 Å². The van der Waals surface area contributed by atoms with Gasteiger partial charge in [0.05, 0.1) is 11.3 Å². The molecule has 1 N–H and O–H groups in total. The number of hydrogen-bond acceptors (Lipinski definition) is 5. The summed E-state index contributed by atoms with van der Waals surface area (Å²) in [6.45, 7) is 6.08. The molecule has 1 aromatic heterocycles. The Morgan fingerprint density at radius 2 is 1.38 bits per heavy atom. The molecule has 4 rings (SSSR count). The molecule has 0 aliphatic heterocycles. The van der Waals surface area contributed by atoms with Crippen LogP contribution in [-0.4, -0.2) is 30.2 Å². The lowest BCUT2D eigenvalue weighted by Crippen LogP contribution is -2.16. The number of carboxylic acids is 1. The second-order valence-electron chi connectivity index (χ2n) is 10.3. The molecule has 204 valence electrons. The van der Waals surface area contributed by atoms with E-state index in [1.807, 2.05) is 19.2 Å². The summed E-state index contributed by atoms with van der Waals surface area (Å²) in [5.74, 6) is -0.232. The predicted molar refractivity (Wildman–Crippen MR) is 164 cm³/mol. The number of carboxylic acid groups (broad SMARTS) is 1. The van der Waals surface area contributed by atoms with Crippen molar-refractivity contribution in [3.05, 3.63) is 100 Å². The average molecular weight is 542 g/mol. The lowest BCUT2D eigenvalue weighted by atomic mass is 9.90. The molecule has 0 radical (unpaired) electrons. The normalized spacial score (nSPS) is 11.1. The van der Waals surface area contributed by atoms with Crippen LogP contribution in [0.5, 0.6) is 0 Å². The molecule has 0 unspecified atom stereocenters. The van der Waals surface area contributed by atoms with Crippen LogP contribution in [0.1, 0.15) is 72.5 Å². The molecule has 0 amide bonds. The number of aromatic carboxylic acids is 1. The van der Waals surface area contributed by atoms with Crippen molar-refractivity contribution in [2.45, 2.75) is 58.5 Å². The molecule has 6 heteroatoms. The lowest BCUT2D eigenvalue weighted by Gasteiger charge is -2.21. The zero-order valence-electron chi connectivity index (χ0n) is 23.4. The predicted octanol–water partition coefficient (Wildman–Crippen LogP) is 8.46. The Morgan fingerprint density at radius 3 is 1.95 bits per heavy atom. The minimum atomic E-state index is -0.909. The summed E-state index contributed by atoms with van der Waals surface area (Å²) in [7, 11) is 4.14. The van der Waals surface area contributed by atoms with E-state index >= 15 is 0 Å². The van der Waals surface area contributed by atoms with Crippen molar-refractivity contribution >= 4 is 28.1 Å². The van der Waals surface area contributed by atoms with Crippen LogP contribution >= 0.6 is 11.3 Å². The van der Waals surface area contributed by atoms with E-state index in [4.69, 9.17) is 10.1 Å². The van der Waals surface area contributed by atoms with Gasteiger partial charge in [-0.1, -0.05) is 75.2 Å². The molecule has 0 saturated carbocycles. The van der Waals surface area contributed by atoms with Crippen molar-refractivity contribution < 1.29 is 9.90 Å².